The number of hydrogen-bond donors (Lipinski definition) is 2. The van der Waals surface area contributed by atoms with Gasteiger partial charge in [-0.1, -0.05) is 12.1 Å². The summed E-state index contributed by atoms with van der Waals surface area (Å²) in [6.07, 6.45) is 0.973. The van der Waals surface area contributed by atoms with Crippen LogP contribution in [0.5, 0.6) is 0 Å². The highest BCUT2D eigenvalue weighted by molar-refractivity contribution is 7.12. The van der Waals surface area contributed by atoms with E-state index in [2.05, 4.69) is 44.5 Å². The first kappa shape index (κ1) is 21.1. The molecule has 0 spiro atoms. The Morgan fingerprint density at radius 1 is 0.875 bits per heavy atom. The third-order valence-electron chi connectivity index (χ3n) is 5.40. The Morgan fingerprint density at radius 3 is 2.34 bits per heavy atom. The number of nitrogens with one attached hydrogen (secondary N) is 2. The van der Waals surface area contributed by atoms with Crippen molar-refractivity contribution < 1.29 is 9.59 Å². The van der Waals surface area contributed by atoms with Crippen LogP contribution < -0.4 is 10.6 Å². The zero-order valence-electron chi connectivity index (χ0n) is 17.1. The second-order valence-electron chi connectivity index (χ2n) is 7.49. The van der Waals surface area contributed by atoms with Crippen LogP contribution in [0.15, 0.2) is 70.7 Å². The largest absolute Gasteiger partial charge is 0.325 e. The van der Waals surface area contributed by atoms with E-state index in [1.165, 1.54) is 26.7 Å². The lowest BCUT2D eigenvalue weighted by Gasteiger charge is -2.34. The van der Waals surface area contributed by atoms with Crippen molar-refractivity contribution in [2.75, 3.05) is 23.7 Å². The molecule has 0 saturated carbocycles. The van der Waals surface area contributed by atoms with Gasteiger partial charge in [-0.3, -0.25) is 14.5 Å². The summed E-state index contributed by atoms with van der Waals surface area (Å²) < 4.78 is 0. The lowest BCUT2D eigenvalue weighted by atomic mass is 9.98. The summed E-state index contributed by atoms with van der Waals surface area (Å²) in [7, 11) is 0. The first-order valence-corrected chi connectivity index (χ1v) is 12.9. The minimum atomic E-state index is -0.130. The summed E-state index contributed by atoms with van der Waals surface area (Å²) in [4.78, 5) is 30.6. The smallest absolute Gasteiger partial charge is 0.265 e. The quantitative estimate of drug-likeness (QED) is 0.372. The van der Waals surface area contributed by atoms with Gasteiger partial charge >= 0.3 is 0 Å². The molecule has 1 unspecified atom stereocenters. The van der Waals surface area contributed by atoms with E-state index in [9.17, 15) is 9.59 Å². The summed E-state index contributed by atoms with van der Waals surface area (Å²) in [6, 6.07) is 17.4. The maximum Gasteiger partial charge on any atom is 0.265 e. The Labute approximate surface area is 198 Å². The minimum absolute atomic E-state index is 0.0411. The molecule has 1 aromatic carbocycles. The van der Waals surface area contributed by atoms with Crippen molar-refractivity contribution in [3.05, 3.63) is 90.9 Å². The maximum atomic E-state index is 12.8. The summed E-state index contributed by atoms with van der Waals surface area (Å²) >= 11 is 4.94. The molecule has 0 fully saturated rings. The van der Waals surface area contributed by atoms with Crippen molar-refractivity contribution in [2.24, 2.45) is 0 Å². The molecule has 32 heavy (non-hydrogen) atoms. The van der Waals surface area contributed by atoms with E-state index in [1.807, 2.05) is 23.6 Å². The first-order chi connectivity index (χ1) is 15.7. The van der Waals surface area contributed by atoms with Crippen LogP contribution in [0, 0.1) is 0 Å². The van der Waals surface area contributed by atoms with Gasteiger partial charge in [0.15, 0.2) is 0 Å². The van der Waals surface area contributed by atoms with Crippen LogP contribution in [0.25, 0.3) is 0 Å². The Morgan fingerprint density at radius 2 is 1.62 bits per heavy atom. The van der Waals surface area contributed by atoms with Gasteiger partial charge in [-0.25, -0.2) is 0 Å². The minimum Gasteiger partial charge on any atom is -0.325 e. The van der Waals surface area contributed by atoms with E-state index in [1.54, 1.807) is 40.9 Å². The van der Waals surface area contributed by atoms with Crippen LogP contribution in [0.1, 0.15) is 31.0 Å². The van der Waals surface area contributed by atoms with Gasteiger partial charge in [0.1, 0.15) is 0 Å². The third kappa shape index (κ3) is 4.54. The molecule has 0 bridgehead atoms. The number of anilines is 2. The number of benzene rings is 1. The van der Waals surface area contributed by atoms with Crippen molar-refractivity contribution in [1.29, 1.82) is 0 Å². The average molecular weight is 480 g/mol. The fourth-order valence-electron chi connectivity index (χ4n) is 3.94. The van der Waals surface area contributed by atoms with Crippen LogP contribution >= 0.6 is 34.0 Å². The van der Waals surface area contributed by atoms with Gasteiger partial charge in [-0.05, 0) is 70.6 Å². The van der Waals surface area contributed by atoms with Crippen LogP contribution in [0.4, 0.5) is 11.4 Å². The maximum absolute atomic E-state index is 12.8. The molecule has 0 saturated heterocycles. The molecule has 162 valence electrons. The molecule has 2 N–H and O–H groups in total. The predicted molar refractivity (Wildman–Crippen MR) is 133 cm³/mol. The molecule has 1 aliphatic rings. The molecular weight excluding hydrogens is 458 g/mol. The van der Waals surface area contributed by atoms with E-state index in [0.29, 0.717) is 22.8 Å². The second kappa shape index (κ2) is 9.38. The standard InChI is InChI=1S/C24H21N3O2S3/c28-22(25-16-5-7-17(8-6-16)26-24(29)21-4-2-13-31-21)15-27-11-9-19-18(10-14-32-19)23(27)20-3-1-12-30-20/h1-8,10,12-14,23H,9,11,15H2,(H,25,28)(H,26,29). The Kier molecular flexibility index (Phi) is 6.18. The SMILES string of the molecule is O=C(CN1CCc2sccc2C1c1cccs1)Nc1ccc(NC(=O)c2cccs2)cc1. The van der Waals surface area contributed by atoms with Gasteiger partial charge in [0.05, 0.1) is 17.5 Å². The highest BCUT2D eigenvalue weighted by atomic mass is 32.1. The van der Waals surface area contributed by atoms with E-state index in [-0.39, 0.29) is 17.9 Å². The van der Waals surface area contributed by atoms with Gasteiger partial charge in [-0.2, -0.15) is 0 Å². The Bertz CT molecular complexity index is 1200. The predicted octanol–water partition coefficient (Wildman–Crippen LogP) is 5.71. The average Bonchev–Trinajstić information content (AvgIpc) is 3.56. The lowest BCUT2D eigenvalue weighted by molar-refractivity contribution is -0.117. The number of nitrogens with zero attached hydrogens (tertiary/aromatic N) is 1. The highest BCUT2D eigenvalue weighted by Gasteiger charge is 2.31. The molecule has 4 aromatic rings. The van der Waals surface area contributed by atoms with Gasteiger partial charge < -0.3 is 10.6 Å². The number of rotatable bonds is 6. The van der Waals surface area contributed by atoms with Gasteiger partial charge in [0.2, 0.25) is 5.91 Å². The van der Waals surface area contributed by atoms with Crippen molar-refractivity contribution in [3.8, 4) is 0 Å². The van der Waals surface area contributed by atoms with Crippen LogP contribution in [-0.2, 0) is 11.2 Å². The number of amides is 2. The molecular formula is C24H21N3O2S3. The molecule has 2 amide bonds. The van der Waals surface area contributed by atoms with Crippen LogP contribution in [-0.4, -0.2) is 29.8 Å². The number of fused-ring (bicyclic) bond motifs is 1. The van der Waals surface area contributed by atoms with Gasteiger partial charge in [-0.15, -0.1) is 34.0 Å². The van der Waals surface area contributed by atoms with Crippen molar-refractivity contribution in [3.63, 3.8) is 0 Å². The normalized spacial score (nSPS) is 15.8. The lowest BCUT2D eigenvalue weighted by Crippen LogP contribution is -2.40. The summed E-state index contributed by atoms with van der Waals surface area (Å²) in [6.45, 7) is 1.19. The van der Waals surface area contributed by atoms with Crippen molar-refractivity contribution >= 4 is 57.2 Å². The fourth-order valence-corrected chi connectivity index (χ4v) is 6.34. The first-order valence-electron chi connectivity index (χ1n) is 10.3. The number of thiophene rings is 3. The fraction of sp³-hybridized carbons (Fsp3) is 0.167. The molecule has 5 rings (SSSR count). The summed E-state index contributed by atoms with van der Waals surface area (Å²) in [5.41, 5.74) is 2.73. The van der Waals surface area contributed by atoms with E-state index in [0.717, 1.165) is 13.0 Å². The Hall–Kier alpha value is -2.78. The molecule has 8 heteroatoms. The van der Waals surface area contributed by atoms with Crippen molar-refractivity contribution in [1.82, 2.24) is 4.90 Å². The zero-order valence-corrected chi connectivity index (χ0v) is 19.6. The van der Waals surface area contributed by atoms with E-state index in [4.69, 9.17) is 0 Å². The number of hydrogen-bond acceptors (Lipinski definition) is 6. The Balaban J connectivity index is 1.23. The topological polar surface area (TPSA) is 61.4 Å². The second-order valence-corrected chi connectivity index (χ2v) is 10.4. The summed E-state index contributed by atoms with van der Waals surface area (Å²) in [5, 5.41) is 12.0. The summed E-state index contributed by atoms with van der Waals surface area (Å²) in [5.74, 6) is -0.171. The molecule has 5 nitrogen and oxygen atoms in total. The van der Waals surface area contributed by atoms with Gasteiger partial charge in [0, 0.05) is 27.7 Å². The molecule has 1 aliphatic heterocycles. The monoisotopic (exact) mass is 479 g/mol. The molecule has 0 aliphatic carbocycles. The van der Waals surface area contributed by atoms with Crippen LogP contribution in [0.2, 0.25) is 0 Å². The molecule has 0 radical (unpaired) electrons. The molecule has 4 heterocycles. The van der Waals surface area contributed by atoms with E-state index >= 15 is 0 Å². The molecule has 1 atom stereocenters. The van der Waals surface area contributed by atoms with Crippen molar-refractivity contribution in [2.45, 2.75) is 12.5 Å². The van der Waals surface area contributed by atoms with Gasteiger partial charge in [0.25, 0.3) is 5.91 Å². The number of carbonyl (C=O) groups is 2. The zero-order chi connectivity index (χ0) is 21.9. The number of carbonyl (C=O) groups excluding carboxylic acids is 2. The highest BCUT2D eigenvalue weighted by Crippen LogP contribution is 2.39. The molecule has 3 aromatic heterocycles. The van der Waals surface area contributed by atoms with E-state index < -0.39 is 0 Å². The third-order valence-corrected chi connectivity index (χ3v) is 8.19. The van der Waals surface area contributed by atoms with Crippen LogP contribution in [0.3, 0.4) is 0 Å².